The van der Waals surface area contributed by atoms with Crippen molar-refractivity contribution in [1.29, 1.82) is 0 Å². The number of hydrogen-bond acceptors (Lipinski definition) is 7. The Labute approximate surface area is 156 Å². The molecule has 1 aromatic carbocycles. The summed E-state index contributed by atoms with van der Waals surface area (Å²) in [5.41, 5.74) is 2.92. The standard InChI is InChI=1S/C17H21N2O5PS/c1-3-12-26-25(21,23-4-2)24-15-9-6-5-8-14(15)13-18-19-17(20)16-10-7-11-22-16/h5-11,13H,3-4,12H2,1-2H3,(H,19,20). The Morgan fingerprint density at radius 2 is 2.12 bits per heavy atom. The third-order valence-electron chi connectivity index (χ3n) is 2.98. The van der Waals surface area contributed by atoms with Gasteiger partial charge in [0.25, 0.3) is 0 Å². The van der Waals surface area contributed by atoms with Crippen molar-refractivity contribution in [2.75, 3.05) is 12.4 Å². The van der Waals surface area contributed by atoms with E-state index in [2.05, 4.69) is 10.5 Å². The number of hydrogen-bond donors (Lipinski definition) is 1. The minimum absolute atomic E-state index is 0.156. The van der Waals surface area contributed by atoms with E-state index < -0.39 is 12.7 Å². The highest BCUT2D eigenvalue weighted by molar-refractivity contribution is 8.55. The van der Waals surface area contributed by atoms with Crippen LogP contribution < -0.4 is 9.95 Å². The number of hydrazone groups is 1. The van der Waals surface area contributed by atoms with Crippen LogP contribution in [0.15, 0.2) is 52.2 Å². The van der Waals surface area contributed by atoms with Crippen LogP contribution in [-0.4, -0.2) is 24.5 Å². The van der Waals surface area contributed by atoms with E-state index in [1.807, 2.05) is 6.92 Å². The molecule has 7 nitrogen and oxygen atoms in total. The molecule has 0 bridgehead atoms. The Hall–Kier alpha value is -2.02. The van der Waals surface area contributed by atoms with Crippen LogP contribution in [0.4, 0.5) is 0 Å². The number of benzene rings is 1. The SMILES string of the molecule is CCCSP(=O)(OCC)Oc1ccccc1C=NNC(=O)c1ccco1. The lowest BCUT2D eigenvalue weighted by atomic mass is 10.2. The summed E-state index contributed by atoms with van der Waals surface area (Å²) < 4.78 is 28.8. The Bertz CT molecular complexity index is 779. The zero-order chi connectivity index (χ0) is 18.8. The summed E-state index contributed by atoms with van der Waals surface area (Å²) in [5.74, 6) is 0.711. The molecule has 0 aliphatic heterocycles. The van der Waals surface area contributed by atoms with Crippen LogP contribution in [0, 0.1) is 0 Å². The molecule has 1 amide bonds. The molecule has 140 valence electrons. The Morgan fingerprint density at radius 3 is 2.81 bits per heavy atom. The van der Waals surface area contributed by atoms with E-state index in [4.69, 9.17) is 13.5 Å². The quantitative estimate of drug-likeness (QED) is 0.355. The monoisotopic (exact) mass is 396 g/mol. The third-order valence-corrected chi connectivity index (χ3v) is 6.92. The maximum absolute atomic E-state index is 12.8. The van der Waals surface area contributed by atoms with Crippen LogP contribution in [0.2, 0.25) is 0 Å². The predicted octanol–water partition coefficient (Wildman–Crippen LogP) is 4.71. The van der Waals surface area contributed by atoms with Gasteiger partial charge in [0.05, 0.1) is 19.1 Å². The topological polar surface area (TPSA) is 90.1 Å². The fraction of sp³-hybridized carbons (Fsp3) is 0.294. The van der Waals surface area contributed by atoms with Gasteiger partial charge in [0, 0.05) is 11.3 Å². The maximum atomic E-state index is 12.8. The van der Waals surface area contributed by atoms with Crippen molar-refractivity contribution in [1.82, 2.24) is 5.43 Å². The van der Waals surface area contributed by atoms with Crippen LogP contribution in [-0.2, 0) is 9.09 Å². The molecule has 1 aromatic heterocycles. The first-order chi connectivity index (χ1) is 12.6. The second kappa shape index (κ2) is 10.2. The third kappa shape index (κ3) is 6.05. The highest BCUT2D eigenvalue weighted by Crippen LogP contribution is 2.60. The summed E-state index contributed by atoms with van der Waals surface area (Å²) in [4.78, 5) is 11.8. The number of para-hydroxylation sites is 1. The highest BCUT2D eigenvalue weighted by Gasteiger charge is 2.27. The van der Waals surface area contributed by atoms with Crippen molar-refractivity contribution in [3.8, 4) is 5.75 Å². The lowest BCUT2D eigenvalue weighted by Gasteiger charge is -2.18. The number of furan rings is 1. The fourth-order valence-electron chi connectivity index (χ4n) is 1.87. The Kier molecular flexibility index (Phi) is 7.97. The van der Waals surface area contributed by atoms with E-state index >= 15 is 0 Å². The first kappa shape index (κ1) is 20.3. The van der Waals surface area contributed by atoms with Gasteiger partial charge in [-0.05, 0) is 49.0 Å². The van der Waals surface area contributed by atoms with Crippen molar-refractivity contribution >= 4 is 30.3 Å². The molecule has 9 heteroatoms. The molecular formula is C17H21N2O5PS. The van der Waals surface area contributed by atoms with Crippen molar-refractivity contribution < 1.29 is 22.8 Å². The number of rotatable bonds is 10. The van der Waals surface area contributed by atoms with Crippen LogP contribution in [0.25, 0.3) is 0 Å². The molecule has 2 rings (SSSR count). The lowest BCUT2D eigenvalue weighted by Crippen LogP contribution is -2.16. The minimum atomic E-state index is -3.32. The zero-order valence-corrected chi connectivity index (χ0v) is 16.3. The molecule has 26 heavy (non-hydrogen) atoms. The summed E-state index contributed by atoms with van der Waals surface area (Å²) in [5, 5.41) is 3.89. The Balaban J connectivity index is 2.09. The van der Waals surface area contributed by atoms with E-state index in [1.165, 1.54) is 18.5 Å². The fourth-order valence-corrected chi connectivity index (χ4v) is 5.33. The van der Waals surface area contributed by atoms with Gasteiger partial charge in [-0.2, -0.15) is 5.10 Å². The first-order valence-corrected chi connectivity index (χ1v) is 11.3. The van der Waals surface area contributed by atoms with Crippen molar-refractivity contribution in [3.05, 3.63) is 54.0 Å². The summed E-state index contributed by atoms with van der Waals surface area (Å²) >= 11 is 1.16. The van der Waals surface area contributed by atoms with Crippen LogP contribution in [0.3, 0.4) is 0 Å². The van der Waals surface area contributed by atoms with Gasteiger partial charge in [-0.1, -0.05) is 19.1 Å². The van der Waals surface area contributed by atoms with Gasteiger partial charge in [-0.25, -0.2) is 9.99 Å². The van der Waals surface area contributed by atoms with Crippen molar-refractivity contribution in [2.24, 2.45) is 5.10 Å². The van der Waals surface area contributed by atoms with Crippen LogP contribution in [0.1, 0.15) is 36.4 Å². The summed E-state index contributed by atoms with van der Waals surface area (Å²) in [7, 11) is 0. The summed E-state index contributed by atoms with van der Waals surface area (Å²) in [6, 6.07) is 10.1. The highest BCUT2D eigenvalue weighted by atomic mass is 32.7. The molecule has 0 aliphatic carbocycles. The molecule has 0 fully saturated rings. The molecule has 1 atom stereocenters. The Morgan fingerprint density at radius 1 is 1.31 bits per heavy atom. The maximum Gasteiger partial charge on any atom is 0.440 e. The van der Waals surface area contributed by atoms with Gasteiger partial charge in [-0.15, -0.1) is 0 Å². The predicted molar refractivity (Wildman–Crippen MR) is 103 cm³/mol. The minimum Gasteiger partial charge on any atom is -0.459 e. The van der Waals surface area contributed by atoms with Gasteiger partial charge >= 0.3 is 12.7 Å². The van der Waals surface area contributed by atoms with Gasteiger partial charge in [0.2, 0.25) is 0 Å². The number of carbonyl (C=O) groups is 1. The number of amides is 1. The molecule has 2 aromatic rings. The number of nitrogens with one attached hydrogen (secondary N) is 1. The van der Waals surface area contributed by atoms with Crippen molar-refractivity contribution in [2.45, 2.75) is 20.3 Å². The zero-order valence-electron chi connectivity index (χ0n) is 14.6. The van der Waals surface area contributed by atoms with Gasteiger partial charge < -0.3 is 8.94 Å². The molecule has 1 unspecified atom stereocenters. The first-order valence-electron chi connectivity index (χ1n) is 8.12. The average molecular weight is 396 g/mol. The van der Waals surface area contributed by atoms with E-state index in [1.54, 1.807) is 37.3 Å². The van der Waals surface area contributed by atoms with E-state index in [0.29, 0.717) is 17.1 Å². The second-order valence-electron chi connectivity index (χ2n) is 5.00. The van der Waals surface area contributed by atoms with E-state index in [9.17, 15) is 9.36 Å². The summed E-state index contributed by atoms with van der Waals surface area (Å²) in [6.07, 6.45) is 3.67. The molecule has 1 N–H and O–H groups in total. The largest absolute Gasteiger partial charge is 0.459 e. The lowest BCUT2D eigenvalue weighted by molar-refractivity contribution is 0.0927. The molecule has 0 saturated carbocycles. The normalized spacial score (nSPS) is 13.5. The molecule has 1 heterocycles. The molecule has 0 aliphatic rings. The summed E-state index contributed by atoms with van der Waals surface area (Å²) in [6.45, 7) is 0.714. The average Bonchev–Trinajstić information content (AvgIpc) is 3.16. The van der Waals surface area contributed by atoms with Gasteiger partial charge in [0.15, 0.2) is 5.76 Å². The molecule has 0 saturated heterocycles. The van der Waals surface area contributed by atoms with E-state index in [0.717, 1.165) is 17.8 Å². The number of nitrogens with zero attached hydrogens (tertiary/aromatic N) is 1. The molecule has 0 radical (unpaired) electrons. The second-order valence-corrected chi connectivity index (χ2v) is 9.12. The van der Waals surface area contributed by atoms with Crippen LogP contribution >= 0.6 is 18.2 Å². The van der Waals surface area contributed by atoms with Gasteiger partial charge in [0.1, 0.15) is 5.75 Å². The van der Waals surface area contributed by atoms with Gasteiger partial charge in [-0.3, -0.25) is 9.32 Å². The van der Waals surface area contributed by atoms with E-state index in [-0.39, 0.29) is 12.4 Å². The molecular weight excluding hydrogens is 375 g/mol. The molecule has 0 spiro atoms. The van der Waals surface area contributed by atoms with Crippen molar-refractivity contribution in [3.63, 3.8) is 0 Å². The smallest absolute Gasteiger partial charge is 0.440 e. The number of carbonyl (C=O) groups excluding carboxylic acids is 1. The van der Waals surface area contributed by atoms with Crippen LogP contribution in [0.5, 0.6) is 5.75 Å².